The standard InChI is InChI=1S/C3H7BF/c1-2-3-4-5/h2-3H2,1H3. The van der Waals surface area contributed by atoms with E-state index in [4.69, 9.17) is 0 Å². The van der Waals surface area contributed by atoms with E-state index in [9.17, 15) is 4.32 Å². The van der Waals surface area contributed by atoms with Crippen LogP contribution in [0.1, 0.15) is 13.3 Å². The molecule has 0 aromatic heterocycles. The van der Waals surface area contributed by atoms with Gasteiger partial charge in [0.2, 0.25) is 0 Å². The predicted molar refractivity (Wildman–Crippen MR) is 22.0 cm³/mol. The van der Waals surface area contributed by atoms with Crippen molar-refractivity contribution in [3.05, 3.63) is 0 Å². The molecule has 0 spiro atoms. The summed E-state index contributed by atoms with van der Waals surface area (Å²) in [7, 11) is 0.681. The van der Waals surface area contributed by atoms with Gasteiger partial charge < -0.3 is 4.32 Å². The topological polar surface area (TPSA) is 0 Å². The summed E-state index contributed by atoms with van der Waals surface area (Å²) in [5.74, 6) is 0. The third-order valence-corrected chi connectivity index (χ3v) is 0.398. The van der Waals surface area contributed by atoms with Gasteiger partial charge in [-0.2, -0.15) is 0 Å². The number of halogens is 1. The van der Waals surface area contributed by atoms with E-state index in [1.165, 1.54) is 0 Å². The molecule has 0 nitrogen and oxygen atoms in total. The summed E-state index contributed by atoms with van der Waals surface area (Å²) in [4.78, 5) is 0. The first-order valence-electron chi connectivity index (χ1n) is 1.83. The van der Waals surface area contributed by atoms with E-state index >= 15 is 0 Å². The smallest absolute Gasteiger partial charge is 0.343 e. The highest BCUT2D eigenvalue weighted by Crippen LogP contribution is 1.82. The van der Waals surface area contributed by atoms with Gasteiger partial charge in [-0.1, -0.05) is 13.3 Å². The fourth-order valence-corrected chi connectivity index (χ4v) is 0.109. The van der Waals surface area contributed by atoms with Crippen molar-refractivity contribution in [3.63, 3.8) is 0 Å². The molecular formula is C3H7BF. The molecule has 0 atom stereocenters. The first kappa shape index (κ1) is 4.99. The van der Waals surface area contributed by atoms with Crippen molar-refractivity contribution < 1.29 is 4.32 Å². The van der Waals surface area contributed by atoms with Gasteiger partial charge >= 0.3 is 7.56 Å². The van der Waals surface area contributed by atoms with Crippen LogP contribution >= 0.6 is 0 Å². The Balaban J connectivity index is 2.19. The highest BCUT2D eigenvalue weighted by atomic mass is 19.1. The molecular weight excluding hydrogens is 65.8 g/mol. The molecule has 29 valence electrons. The molecule has 0 bridgehead atoms. The van der Waals surface area contributed by atoms with Gasteiger partial charge in [0.05, 0.1) is 0 Å². The quantitative estimate of drug-likeness (QED) is 0.433. The Labute approximate surface area is 32.7 Å². The fourth-order valence-electron chi connectivity index (χ4n) is 0.109. The number of rotatable bonds is 2. The molecule has 0 rings (SSSR count). The van der Waals surface area contributed by atoms with E-state index in [0.29, 0.717) is 13.9 Å². The molecule has 5 heavy (non-hydrogen) atoms. The molecule has 2 heteroatoms. The Morgan fingerprint density at radius 2 is 2.40 bits per heavy atom. The second kappa shape index (κ2) is 3.99. The molecule has 0 aliphatic carbocycles. The largest absolute Gasteiger partial charge is 0.354 e. The normalized spacial score (nSPS) is 7.60. The third kappa shape index (κ3) is 3.99. The van der Waals surface area contributed by atoms with Gasteiger partial charge in [-0.15, -0.1) is 0 Å². The maximum absolute atomic E-state index is 10.9. The zero-order valence-electron chi connectivity index (χ0n) is 3.37. The van der Waals surface area contributed by atoms with E-state index in [2.05, 4.69) is 0 Å². The molecule has 0 saturated heterocycles. The van der Waals surface area contributed by atoms with Gasteiger partial charge in [-0.3, -0.25) is 0 Å². The first-order chi connectivity index (χ1) is 2.41. The Morgan fingerprint density at radius 3 is 2.40 bits per heavy atom. The first-order valence-corrected chi connectivity index (χ1v) is 1.83. The lowest BCUT2D eigenvalue weighted by molar-refractivity contribution is 0.845. The van der Waals surface area contributed by atoms with Crippen molar-refractivity contribution in [1.29, 1.82) is 0 Å². The molecule has 0 saturated carbocycles. The molecule has 0 N–H and O–H groups in total. The van der Waals surface area contributed by atoms with E-state index in [0.717, 1.165) is 6.42 Å². The number of hydrogen-bond acceptors (Lipinski definition) is 0. The summed E-state index contributed by atoms with van der Waals surface area (Å²) < 4.78 is 10.9. The van der Waals surface area contributed by atoms with Crippen LogP contribution in [0.5, 0.6) is 0 Å². The van der Waals surface area contributed by atoms with Crippen molar-refractivity contribution in [2.24, 2.45) is 0 Å². The molecule has 1 radical (unpaired) electrons. The average Bonchev–Trinajstić information content (AvgIpc) is 1.41. The van der Waals surface area contributed by atoms with Crippen LogP contribution in [0.4, 0.5) is 4.32 Å². The predicted octanol–water partition coefficient (Wildman–Crippen LogP) is 1.40. The zero-order valence-corrected chi connectivity index (χ0v) is 3.37. The highest BCUT2D eigenvalue weighted by Gasteiger charge is 1.78. The molecule has 0 aliphatic heterocycles. The van der Waals surface area contributed by atoms with Crippen LogP contribution < -0.4 is 0 Å². The summed E-state index contributed by atoms with van der Waals surface area (Å²) in [6.45, 7) is 1.94. The van der Waals surface area contributed by atoms with Gasteiger partial charge in [0.15, 0.2) is 0 Å². The molecule has 0 unspecified atom stereocenters. The molecule has 0 aliphatic rings. The van der Waals surface area contributed by atoms with Crippen molar-refractivity contribution in [2.75, 3.05) is 0 Å². The van der Waals surface area contributed by atoms with Gasteiger partial charge in [-0.25, -0.2) is 0 Å². The van der Waals surface area contributed by atoms with Crippen molar-refractivity contribution in [3.8, 4) is 0 Å². The average molecular weight is 72.9 g/mol. The molecule has 0 amide bonds. The highest BCUT2D eigenvalue weighted by molar-refractivity contribution is 6.25. The number of hydrogen-bond donors (Lipinski definition) is 0. The van der Waals surface area contributed by atoms with Crippen molar-refractivity contribution >= 4 is 7.56 Å². The summed E-state index contributed by atoms with van der Waals surface area (Å²) >= 11 is 0. The van der Waals surface area contributed by atoms with E-state index < -0.39 is 0 Å². The van der Waals surface area contributed by atoms with E-state index in [1.807, 2.05) is 6.92 Å². The van der Waals surface area contributed by atoms with Crippen LogP contribution in [0.15, 0.2) is 0 Å². The lowest BCUT2D eigenvalue weighted by Gasteiger charge is -1.72. The van der Waals surface area contributed by atoms with E-state index in [-0.39, 0.29) is 0 Å². The van der Waals surface area contributed by atoms with Crippen molar-refractivity contribution in [1.82, 2.24) is 0 Å². The SMILES string of the molecule is CCC[B]F. The summed E-state index contributed by atoms with van der Waals surface area (Å²) in [6, 6.07) is 0. The van der Waals surface area contributed by atoms with E-state index in [1.54, 1.807) is 0 Å². The Hall–Kier alpha value is -0.00506. The lowest BCUT2D eigenvalue weighted by atomic mass is 9.98. The molecule has 0 fully saturated rings. The van der Waals surface area contributed by atoms with Crippen LogP contribution in [-0.2, 0) is 0 Å². The summed E-state index contributed by atoms with van der Waals surface area (Å²) in [6.07, 6.45) is 1.51. The maximum Gasteiger partial charge on any atom is 0.354 e. The Morgan fingerprint density at radius 1 is 1.80 bits per heavy atom. The van der Waals surface area contributed by atoms with Crippen LogP contribution in [-0.4, -0.2) is 7.56 Å². The lowest BCUT2D eigenvalue weighted by Crippen LogP contribution is -1.71. The van der Waals surface area contributed by atoms with Gasteiger partial charge in [-0.05, 0) is 6.32 Å². The summed E-state index contributed by atoms with van der Waals surface area (Å²) in [5.41, 5.74) is 0. The molecule has 0 aromatic rings. The van der Waals surface area contributed by atoms with Crippen molar-refractivity contribution in [2.45, 2.75) is 19.7 Å². The van der Waals surface area contributed by atoms with Crippen LogP contribution in [0.3, 0.4) is 0 Å². The Bertz CT molecular complexity index is 14.4. The monoisotopic (exact) mass is 73.1 g/mol. The zero-order chi connectivity index (χ0) is 4.12. The van der Waals surface area contributed by atoms with Crippen LogP contribution in [0, 0.1) is 0 Å². The minimum Gasteiger partial charge on any atom is -0.343 e. The second-order valence-corrected chi connectivity index (χ2v) is 0.943. The molecule has 0 heterocycles. The second-order valence-electron chi connectivity index (χ2n) is 0.943. The van der Waals surface area contributed by atoms with Gasteiger partial charge in [0.1, 0.15) is 0 Å². The fraction of sp³-hybridized carbons (Fsp3) is 1.00. The maximum atomic E-state index is 10.9. The van der Waals surface area contributed by atoms with Crippen LogP contribution in [0.25, 0.3) is 0 Å². The third-order valence-electron chi connectivity index (χ3n) is 0.398. The van der Waals surface area contributed by atoms with Gasteiger partial charge in [0.25, 0.3) is 0 Å². The minimum absolute atomic E-state index is 0.597. The Kier molecular flexibility index (Phi) is 3.99. The van der Waals surface area contributed by atoms with Crippen LogP contribution in [0.2, 0.25) is 6.32 Å². The molecule has 0 aromatic carbocycles. The minimum atomic E-state index is 0.597. The van der Waals surface area contributed by atoms with Gasteiger partial charge in [0, 0.05) is 0 Å². The summed E-state index contributed by atoms with van der Waals surface area (Å²) in [5, 5.41) is 0.